The molecule has 0 saturated heterocycles. The van der Waals surface area contributed by atoms with Crippen LogP contribution in [0.25, 0.3) is 6.08 Å². The van der Waals surface area contributed by atoms with Crippen molar-refractivity contribution in [2.75, 3.05) is 19.6 Å². The molecule has 3 aromatic rings. The number of carbonyl (C=O) groups is 1. The van der Waals surface area contributed by atoms with Crippen LogP contribution in [0, 0.1) is 0 Å². The van der Waals surface area contributed by atoms with Crippen LogP contribution in [-0.4, -0.2) is 35.4 Å². The molecule has 1 aliphatic heterocycles. The Morgan fingerprint density at radius 2 is 1.84 bits per heavy atom. The summed E-state index contributed by atoms with van der Waals surface area (Å²) in [7, 11) is 0. The molecule has 1 amide bonds. The molecule has 0 unspecified atom stereocenters. The second kappa shape index (κ2) is 10.5. The van der Waals surface area contributed by atoms with Gasteiger partial charge < -0.3 is 10.1 Å². The van der Waals surface area contributed by atoms with Crippen LogP contribution in [0.2, 0.25) is 0 Å². The van der Waals surface area contributed by atoms with E-state index in [0.29, 0.717) is 13.2 Å². The molecule has 2 heterocycles. The summed E-state index contributed by atoms with van der Waals surface area (Å²) in [5, 5.41) is 2.97. The van der Waals surface area contributed by atoms with E-state index in [-0.39, 0.29) is 5.91 Å². The SMILES string of the molecule is O=C(C=Cc1ccc(OCc2ccccn2)cc1)NCCN1CCc2ccccc2C1. The highest BCUT2D eigenvalue weighted by Crippen LogP contribution is 2.18. The zero-order valence-corrected chi connectivity index (χ0v) is 17.5. The molecule has 5 nitrogen and oxygen atoms in total. The summed E-state index contributed by atoms with van der Waals surface area (Å²) in [6.07, 6.45) is 6.22. The Morgan fingerprint density at radius 1 is 1.03 bits per heavy atom. The van der Waals surface area contributed by atoms with Crippen LogP contribution in [0.1, 0.15) is 22.4 Å². The van der Waals surface area contributed by atoms with Gasteiger partial charge >= 0.3 is 0 Å². The second-order valence-corrected chi connectivity index (χ2v) is 7.60. The first-order valence-corrected chi connectivity index (χ1v) is 10.6. The van der Waals surface area contributed by atoms with E-state index in [0.717, 1.165) is 43.1 Å². The number of carbonyl (C=O) groups excluding carboxylic acids is 1. The Labute approximate surface area is 183 Å². The third-order valence-corrected chi connectivity index (χ3v) is 5.36. The predicted octanol–water partition coefficient (Wildman–Crippen LogP) is 3.85. The minimum atomic E-state index is -0.0760. The lowest BCUT2D eigenvalue weighted by Crippen LogP contribution is -2.37. The van der Waals surface area contributed by atoms with Gasteiger partial charge in [-0.25, -0.2) is 0 Å². The number of rotatable bonds is 8. The van der Waals surface area contributed by atoms with Crippen molar-refractivity contribution in [3.8, 4) is 5.75 Å². The number of amides is 1. The normalized spacial score (nSPS) is 13.7. The molecule has 2 aromatic carbocycles. The Bertz CT molecular complexity index is 1020. The number of ether oxygens (including phenoxy) is 1. The molecule has 1 N–H and O–H groups in total. The summed E-state index contributed by atoms with van der Waals surface area (Å²) in [4.78, 5) is 18.8. The first-order chi connectivity index (χ1) is 15.3. The lowest BCUT2D eigenvalue weighted by molar-refractivity contribution is -0.116. The molecule has 0 radical (unpaired) electrons. The number of benzene rings is 2. The molecule has 0 spiro atoms. The van der Waals surface area contributed by atoms with Crippen molar-refractivity contribution in [1.82, 2.24) is 15.2 Å². The Hall–Kier alpha value is -3.44. The average molecular weight is 414 g/mol. The fourth-order valence-electron chi connectivity index (χ4n) is 3.63. The number of hydrogen-bond acceptors (Lipinski definition) is 4. The van der Waals surface area contributed by atoms with Gasteiger partial charge in [-0.2, -0.15) is 0 Å². The lowest BCUT2D eigenvalue weighted by atomic mass is 10.00. The molecule has 158 valence electrons. The standard InChI is InChI=1S/C26H27N3O2/c30-26(28-16-18-29-17-14-22-5-1-2-6-23(22)19-29)13-10-21-8-11-25(12-9-21)31-20-24-7-3-4-15-27-24/h1-13,15H,14,16-20H2,(H,28,30). The number of nitrogens with zero attached hydrogens (tertiary/aromatic N) is 2. The third-order valence-electron chi connectivity index (χ3n) is 5.36. The van der Waals surface area contributed by atoms with Crippen LogP contribution in [0.3, 0.4) is 0 Å². The van der Waals surface area contributed by atoms with Crippen molar-refractivity contribution in [1.29, 1.82) is 0 Å². The molecule has 0 fully saturated rings. The van der Waals surface area contributed by atoms with E-state index in [9.17, 15) is 4.79 Å². The minimum Gasteiger partial charge on any atom is -0.487 e. The van der Waals surface area contributed by atoms with Crippen molar-refractivity contribution >= 4 is 12.0 Å². The Kier molecular flexibility index (Phi) is 7.08. The fourth-order valence-corrected chi connectivity index (χ4v) is 3.63. The van der Waals surface area contributed by atoms with E-state index in [4.69, 9.17) is 4.74 Å². The Balaban J connectivity index is 1.18. The van der Waals surface area contributed by atoms with Gasteiger partial charge in [-0.1, -0.05) is 42.5 Å². The lowest BCUT2D eigenvalue weighted by Gasteiger charge is -2.28. The van der Waals surface area contributed by atoms with E-state index in [1.54, 1.807) is 12.3 Å². The molecular formula is C26H27N3O2. The van der Waals surface area contributed by atoms with Crippen LogP contribution in [0.15, 0.2) is 79.0 Å². The number of pyridine rings is 1. The number of fused-ring (bicyclic) bond motifs is 1. The molecule has 5 heteroatoms. The van der Waals surface area contributed by atoms with E-state index < -0.39 is 0 Å². The van der Waals surface area contributed by atoms with Gasteiger partial charge in [-0.15, -0.1) is 0 Å². The van der Waals surface area contributed by atoms with Crippen LogP contribution >= 0.6 is 0 Å². The van der Waals surface area contributed by atoms with E-state index in [1.165, 1.54) is 11.1 Å². The molecule has 0 saturated carbocycles. The molecule has 0 bridgehead atoms. The van der Waals surface area contributed by atoms with Crippen molar-refractivity contribution < 1.29 is 9.53 Å². The van der Waals surface area contributed by atoms with Crippen LogP contribution in [0.4, 0.5) is 0 Å². The molecule has 1 aliphatic rings. The molecule has 1 aromatic heterocycles. The molecule has 0 aliphatic carbocycles. The van der Waals surface area contributed by atoms with Crippen molar-refractivity contribution in [3.63, 3.8) is 0 Å². The average Bonchev–Trinajstić information content (AvgIpc) is 2.83. The number of nitrogens with one attached hydrogen (secondary N) is 1. The van der Waals surface area contributed by atoms with E-state index >= 15 is 0 Å². The maximum absolute atomic E-state index is 12.1. The third kappa shape index (κ3) is 6.27. The van der Waals surface area contributed by atoms with Gasteiger partial charge in [-0.05, 0) is 53.5 Å². The number of hydrogen-bond donors (Lipinski definition) is 1. The topological polar surface area (TPSA) is 54.5 Å². The van der Waals surface area contributed by atoms with Crippen LogP contribution < -0.4 is 10.1 Å². The maximum Gasteiger partial charge on any atom is 0.244 e. The van der Waals surface area contributed by atoms with Crippen molar-refractivity contribution in [2.45, 2.75) is 19.6 Å². The van der Waals surface area contributed by atoms with Crippen molar-refractivity contribution in [3.05, 3.63) is 101 Å². The first-order valence-electron chi connectivity index (χ1n) is 10.6. The van der Waals surface area contributed by atoms with Gasteiger partial charge in [-0.3, -0.25) is 14.7 Å². The Morgan fingerprint density at radius 3 is 2.65 bits per heavy atom. The molecule has 0 atom stereocenters. The van der Waals surface area contributed by atoms with E-state index in [1.807, 2.05) is 48.5 Å². The zero-order valence-electron chi connectivity index (χ0n) is 17.5. The maximum atomic E-state index is 12.1. The number of aromatic nitrogens is 1. The molecular weight excluding hydrogens is 386 g/mol. The molecule has 31 heavy (non-hydrogen) atoms. The van der Waals surface area contributed by atoms with Crippen LogP contribution in [-0.2, 0) is 24.4 Å². The van der Waals surface area contributed by atoms with Gasteiger partial charge in [0.15, 0.2) is 0 Å². The van der Waals surface area contributed by atoms with E-state index in [2.05, 4.69) is 39.5 Å². The van der Waals surface area contributed by atoms with Gasteiger partial charge in [0.05, 0.1) is 5.69 Å². The highest BCUT2D eigenvalue weighted by molar-refractivity contribution is 5.91. The largest absolute Gasteiger partial charge is 0.487 e. The van der Waals surface area contributed by atoms with Gasteiger partial charge in [0.25, 0.3) is 0 Å². The van der Waals surface area contributed by atoms with Crippen molar-refractivity contribution in [2.24, 2.45) is 0 Å². The highest BCUT2D eigenvalue weighted by atomic mass is 16.5. The van der Waals surface area contributed by atoms with Gasteiger partial charge in [0.1, 0.15) is 12.4 Å². The first kappa shape index (κ1) is 20.8. The van der Waals surface area contributed by atoms with Gasteiger partial charge in [0, 0.05) is 38.5 Å². The zero-order chi connectivity index (χ0) is 21.3. The van der Waals surface area contributed by atoms with Crippen LogP contribution in [0.5, 0.6) is 5.75 Å². The van der Waals surface area contributed by atoms with Gasteiger partial charge in [0.2, 0.25) is 5.91 Å². The fraction of sp³-hybridized carbons (Fsp3) is 0.231. The monoisotopic (exact) mass is 413 g/mol. The summed E-state index contributed by atoms with van der Waals surface area (Å²) in [6.45, 7) is 3.93. The molecule has 4 rings (SSSR count). The summed E-state index contributed by atoms with van der Waals surface area (Å²) in [6, 6.07) is 22.0. The minimum absolute atomic E-state index is 0.0760. The smallest absolute Gasteiger partial charge is 0.244 e. The summed E-state index contributed by atoms with van der Waals surface area (Å²) in [5.74, 6) is 0.697. The second-order valence-electron chi connectivity index (χ2n) is 7.60. The summed E-state index contributed by atoms with van der Waals surface area (Å²) in [5.41, 5.74) is 4.68. The highest BCUT2D eigenvalue weighted by Gasteiger charge is 2.14. The summed E-state index contributed by atoms with van der Waals surface area (Å²) >= 11 is 0. The quantitative estimate of drug-likeness (QED) is 0.570. The predicted molar refractivity (Wildman–Crippen MR) is 122 cm³/mol. The summed E-state index contributed by atoms with van der Waals surface area (Å²) < 4.78 is 5.73.